The highest BCUT2D eigenvalue weighted by Gasteiger charge is 2.36. The second-order valence-electron chi connectivity index (χ2n) is 6.92. The van der Waals surface area contributed by atoms with E-state index in [1.807, 2.05) is 43.4 Å². The second kappa shape index (κ2) is 14.3. The number of carbonyl (C=O) groups is 1. The summed E-state index contributed by atoms with van der Waals surface area (Å²) in [5.74, 6) is -0.804. The summed E-state index contributed by atoms with van der Waals surface area (Å²) in [6.45, 7) is 2.02. The van der Waals surface area contributed by atoms with E-state index < -0.39 is 30.4 Å². The number of hydrogen-bond donors (Lipinski definition) is 4. The molecule has 0 aromatic heterocycles. The van der Waals surface area contributed by atoms with E-state index in [0.29, 0.717) is 32.1 Å². The summed E-state index contributed by atoms with van der Waals surface area (Å²) >= 11 is 0. The van der Waals surface area contributed by atoms with Crippen LogP contribution in [0.25, 0.3) is 0 Å². The van der Waals surface area contributed by atoms with E-state index in [-0.39, 0.29) is 12.5 Å². The number of hydrogen-bond acceptors (Lipinski definition) is 5. The van der Waals surface area contributed by atoms with Gasteiger partial charge in [-0.25, -0.2) is 0 Å². The summed E-state index contributed by atoms with van der Waals surface area (Å²) < 4.78 is 5.76. The van der Waals surface area contributed by atoms with Gasteiger partial charge in [-0.05, 0) is 32.1 Å². The molecule has 0 unspecified atom stereocenters. The fourth-order valence-electron chi connectivity index (χ4n) is 2.87. The van der Waals surface area contributed by atoms with Crippen LogP contribution in [-0.2, 0) is 9.53 Å². The van der Waals surface area contributed by atoms with Crippen molar-refractivity contribution >= 4 is 5.97 Å². The first-order chi connectivity index (χ1) is 13.4. The minimum absolute atomic E-state index is 0.132. The van der Waals surface area contributed by atoms with Crippen molar-refractivity contribution in [1.29, 1.82) is 0 Å². The molecule has 0 saturated carbocycles. The third kappa shape index (κ3) is 10.6. The number of aliphatic hydroxyl groups is 3. The molecule has 1 saturated heterocycles. The van der Waals surface area contributed by atoms with Gasteiger partial charge in [0.15, 0.2) is 0 Å². The number of carboxylic acid groups (broad SMARTS) is 1. The van der Waals surface area contributed by atoms with E-state index in [1.165, 1.54) is 6.08 Å². The van der Waals surface area contributed by atoms with E-state index >= 15 is 0 Å². The lowest BCUT2D eigenvalue weighted by Gasteiger charge is -2.16. The second-order valence-corrected chi connectivity index (χ2v) is 6.92. The van der Waals surface area contributed by atoms with Crippen molar-refractivity contribution in [2.75, 3.05) is 0 Å². The van der Waals surface area contributed by atoms with E-state index in [0.717, 1.165) is 6.42 Å². The number of ether oxygens (including phenoxy) is 1. The van der Waals surface area contributed by atoms with E-state index in [2.05, 4.69) is 0 Å². The zero-order valence-electron chi connectivity index (χ0n) is 16.6. The van der Waals surface area contributed by atoms with Gasteiger partial charge in [-0.15, -0.1) is 0 Å². The van der Waals surface area contributed by atoms with Gasteiger partial charge in [0, 0.05) is 12.8 Å². The Kier molecular flexibility index (Phi) is 12.4. The van der Waals surface area contributed by atoms with Crippen LogP contribution in [-0.4, -0.2) is 56.9 Å². The fourth-order valence-corrected chi connectivity index (χ4v) is 2.87. The van der Waals surface area contributed by atoms with Crippen LogP contribution in [0.15, 0.2) is 48.6 Å². The Hall–Kier alpha value is -1.73. The standard InChI is InChI=1S/C22H34O6/c1-2-3-8-11-17(23)14-15-18(24)21-16-19(25)20(28-21)12-9-6-4-5-7-10-13-22(26)27/h3,5-9,14-15,17-21,23-25H,2,4,10-13,16H2,1H3,(H,26,27)/b7-5-,8-3-,9-6-,15-14+/t17-,18-,19-,20+,21+/m0/s1. The van der Waals surface area contributed by atoms with Crippen molar-refractivity contribution in [3.63, 3.8) is 0 Å². The number of rotatable bonds is 13. The number of allylic oxidation sites excluding steroid dienone is 4. The third-order valence-electron chi connectivity index (χ3n) is 4.44. The van der Waals surface area contributed by atoms with Gasteiger partial charge in [0.2, 0.25) is 0 Å². The summed E-state index contributed by atoms with van der Waals surface area (Å²) in [6.07, 6.45) is 15.2. The Balaban J connectivity index is 2.32. The molecule has 0 aromatic rings. The Morgan fingerprint density at radius 1 is 1.11 bits per heavy atom. The van der Waals surface area contributed by atoms with E-state index in [4.69, 9.17) is 9.84 Å². The number of aliphatic carboxylic acids is 1. The largest absolute Gasteiger partial charge is 0.481 e. The van der Waals surface area contributed by atoms with Gasteiger partial charge in [0.25, 0.3) is 0 Å². The lowest BCUT2D eigenvalue weighted by molar-refractivity contribution is -0.136. The van der Waals surface area contributed by atoms with Crippen molar-refractivity contribution in [1.82, 2.24) is 0 Å². The first kappa shape index (κ1) is 24.3. The predicted octanol–water partition coefficient (Wildman–Crippen LogP) is 2.90. The van der Waals surface area contributed by atoms with Crippen molar-refractivity contribution < 1.29 is 30.0 Å². The summed E-state index contributed by atoms with van der Waals surface area (Å²) in [5, 5.41) is 38.7. The van der Waals surface area contributed by atoms with Gasteiger partial charge in [-0.3, -0.25) is 4.79 Å². The van der Waals surface area contributed by atoms with E-state index in [1.54, 1.807) is 6.08 Å². The maximum Gasteiger partial charge on any atom is 0.303 e. The third-order valence-corrected chi connectivity index (χ3v) is 4.44. The lowest BCUT2D eigenvalue weighted by atomic mass is 10.0. The number of aliphatic hydroxyl groups excluding tert-OH is 3. The molecule has 1 aliphatic heterocycles. The molecule has 1 aliphatic rings. The van der Waals surface area contributed by atoms with Gasteiger partial charge in [0.1, 0.15) is 0 Å². The van der Waals surface area contributed by atoms with Crippen molar-refractivity contribution in [3.8, 4) is 0 Å². The van der Waals surface area contributed by atoms with Crippen LogP contribution in [0.2, 0.25) is 0 Å². The minimum Gasteiger partial charge on any atom is -0.481 e. The van der Waals surface area contributed by atoms with Crippen molar-refractivity contribution in [2.45, 2.75) is 82.4 Å². The minimum atomic E-state index is -0.870. The van der Waals surface area contributed by atoms with Crippen LogP contribution < -0.4 is 0 Å². The molecule has 0 bridgehead atoms. The maximum atomic E-state index is 10.4. The summed E-state index contributed by atoms with van der Waals surface area (Å²) in [6, 6.07) is 0. The monoisotopic (exact) mass is 394 g/mol. The Labute approximate surface area is 167 Å². The van der Waals surface area contributed by atoms with Crippen molar-refractivity contribution in [2.24, 2.45) is 0 Å². The van der Waals surface area contributed by atoms with Crippen LogP contribution in [0.3, 0.4) is 0 Å². The van der Waals surface area contributed by atoms with Crippen LogP contribution in [0.4, 0.5) is 0 Å². The highest BCUT2D eigenvalue weighted by atomic mass is 16.5. The van der Waals surface area contributed by atoms with Crippen LogP contribution in [0.1, 0.15) is 51.9 Å². The number of carboxylic acids is 1. The van der Waals surface area contributed by atoms with Gasteiger partial charge >= 0.3 is 5.97 Å². The molecular weight excluding hydrogens is 360 g/mol. The Bertz CT molecular complexity index is 551. The van der Waals surface area contributed by atoms with E-state index in [9.17, 15) is 20.1 Å². The summed E-state index contributed by atoms with van der Waals surface area (Å²) in [7, 11) is 0. The molecule has 0 amide bonds. The smallest absolute Gasteiger partial charge is 0.303 e. The molecule has 0 spiro atoms. The molecule has 4 N–H and O–H groups in total. The molecule has 1 rings (SSSR count). The predicted molar refractivity (Wildman–Crippen MR) is 109 cm³/mol. The summed E-state index contributed by atoms with van der Waals surface area (Å²) in [4.78, 5) is 10.4. The highest BCUT2D eigenvalue weighted by Crippen LogP contribution is 2.26. The van der Waals surface area contributed by atoms with Crippen molar-refractivity contribution in [3.05, 3.63) is 48.6 Å². The zero-order chi connectivity index (χ0) is 20.8. The SMILES string of the molecule is CC/C=C\C[C@H](O)/C=C/[C@H](O)[C@H]1C[C@H](O)[C@@H](C/C=C\C/C=C\CCC(=O)O)O1. The molecule has 1 heterocycles. The quantitative estimate of drug-likeness (QED) is 0.358. The molecular formula is C22H34O6. The van der Waals surface area contributed by atoms with Gasteiger partial charge < -0.3 is 25.2 Å². The molecule has 6 heteroatoms. The zero-order valence-corrected chi connectivity index (χ0v) is 16.6. The lowest BCUT2D eigenvalue weighted by Crippen LogP contribution is -2.24. The average molecular weight is 395 g/mol. The van der Waals surface area contributed by atoms with Gasteiger partial charge in [-0.2, -0.15) is 0 Å². The van der Waals surface area contributed by atoms with Crippen LogP contribution >= 0.6 is 0 Å². The Morgan fingerprint density at radius 3 is 2.57 bits per heavy atom. The normalized spacial score (nSPS) is 25.5. The molecule has 6 nitrogen and oxygen atoms in total. The molecule has 1 fully saturated rings. The summed E-state index contributed by atoms with van der Waals surface area (Å²) in [5.41, 5.74) is 0. The molecule has 28 heavy (non-hydrogen) atoms. The van der Waals surface area contributed by atoms with Crippen LogP contribution in [0.5, 0.6) is 0 Å². The van der Waals surface area contributed by atoms with Gasteiger partial charge in [-0.1, -0.05) is 55.5 Å². The first-order valence-corrected chi connectivity index (χ1v) is 9.98. The maximum absolute atomic E-state index is 10.4. The first-order valence-electron chi connectivity index (χ1n) is 9.98. The highest BCUT2D eigenvalue weighted by molar-refractivity contribution is 5.66. The fraction of sp³-hybridized carbons (Fsp3) is 0.591. The molecule has 0 aliphatic carbocycles. The average Bonchev–Trinajstić information content (AvgIpc) is 3.02. The van der Waals surface area contributed by atoms with Gasteiger partial charge in [0.05, 0.1) is 30.5 Å². The van der Waals surface area contributed by atoms with Crippen LogP contribution in [0, 0.1) is 0 Å². The molecule has 158 valence electrons. The molecule has 0 aromatic carbocycles. The molecule has 5 atom stereocenters. The molecule has 0 radical (unpaired) electrons. The Morgan fingerprint density at radius 2 is 1.86 bits per heavy atom. The topological polar surface area (TPSA) is 107 Å².